The molecule has 1 aromatic heterocycles. The van der Waals surface area contributed by atoms with Gasteiger partial charge in [0.05, 0.1) is 5.56 Å². The van der Waals surface area contributed by atoms with Crippen molar-refractivity contribution in [1.82, 2.24) is 9.47 Å². The number of piperidine rings is 1. The van der Waals surface area contributed by atoms with E-state index in [1.165, 1.54) is 5.56 Å². The van der Waals surface area contributed by atoms with Gasteiger partial charge in [-0.3, -0.25) is 4.79 Å². The molecule has 3 nitrogen and oxygen atoms in total. The number of para-hydroxylation sites is 1. The Hall–Kier alpha value is -2.55. The van der Waals surface area contributed by atoms with Crippen LogP contribution in [0, 0.1) is 5.92 Å². The maximum Gasteiger partial charge on any atom is 0.256 e. The summed E-state index contributed by atoms with van der Waals surface area (Å²) in [7, 11) is 0. The van der Waals surface area contributed by atoms with Crippen LogP contribution in [0.3, 0.4) is 0 Å². The van der Waals surface area contributed by atoms with Crippen LogP contribution in [0.4, 0.5) is 0 Å². The average Bonchev–Trinajstić information content (AvgIpc) is 3.08. The van der Waals surface area contributed by atoms with E-state index in [9.17, 15) is 4.79 Å². The summed E-state index contributed by atoms with van der Waals surface area (Å²) in [6, 6.07) is 18.9. The van der Waals surface area contributed by atoms with Crippen LogP contribution >= 0.6 is 0 Å². The molecule has 1 aliphatic heterocycles. The van der Waals surface area contributed by atoms with Crippen LogP contribution in [0.25, 0.3) is 10.9 Å². The fraction of sp³-hybridized carbons (Fsp3) is 0.348. The smallest absolute Gasteiger partial charge is 0.256 e. The van der Waals surface area contributed by atoms with Crippen molar-refractivity contribution in [1.29, 1.82) is 0 Å². The van der Waals surface area contributed by atoms with E-state index in [1.54, 1.807) is 0 Å². The minimum Gasteiger partial charge on any atom is -0.347 e. The van der Waals surface area contributed by atoms with E-state index in [0.29, 0.717) is 5.92 Å². The fourth-order valence-electron chi connectivity index (χ4n) is 4.14. The molecular formula is C23H26N2O. The molecule has 0 bridgehead atoms. The monoisotopic (exact) mass is 346 g/mol. The van der Waals surface area contributed by atoms with E-state index in [-0.39, 0.29) is 5.91 Å². The number of hydrogen-bond acceptors (Lipinski definition) is 1. The molecule has 0 unspecified atom stereocenters. The zero-order chi connectivity index (χ0) is 17.9. The summed E-state index contributed by atoms with van der Waals surface area (Å²) >= 11 is 0. The first-order valence-corrected chi connectivity index (χ1v) is 9.67. The molecule has 0 spiro atoms. The Morgan fingerprint density at radius 2 is 1.69 bits per heavy atom. The number of carbonyl (C=O) groups excluding carboxylic acids is 1. The second kappa shape index (κ2) is 7.36. The molecule has 1 fully saturated rings. The Kier molecular flexibility index (Phi) is 4.79. The predicted molar refractivity (Wildman–Crippen MR) is 106 cm³/mol. The number of aromatic nitrogens is 1. The summed E-state index contributed by atoms with van der Waals surface area (Å²) < 4.78 is 2.17. The number of benzene rings is 2. The van der Waals surface area contributed by atoms with Crippen molar-refractivity contribution in [3.63, 3.8) is 0 Å². The molecule has 3 aromatic rings. The van der Waals surface area contributed by atoms with Gasteiger partial charge in [0.25, 0.3) is 5.91 Å². The summed E-state index contributed by atoms with van der Waals surface area (Å²) in [5.41, 5.74) is 3.41. The maximum absolute atomic E-state index is 13.1. The van der Waals surface area contributed by atoms with Gasteiger partial charge in [0.1, 0.15) is 0 Å². The van der Waals surface area contributed by atoms with Gasteiger partial charge < -0.3 is 9.47 Å². The van der Waals surface area contributed by atoms with Gasteiger partial charge in [-0.1, -0.05) is 48.5 Å². The highest BCUT2D eigenvalue weighted by atomic mass is 16.2. The number of fused-ring (bicyclic) bond motifs is 1. The summed E-state index contributed by atoms with van der Waals surface area (Å²) in [4.78, 5) is 15.2. The SMILES string of the molecule is CCn1cc(C(=O)N2CCC(Cc3ccccc3)CC2)c2ccccc21. The quantitative estimate of drug-likeness (QED) is 0.669. The highest BCUT2D eigenvalue weighted by molar-refractivity contribution is 6.07. The van der Waals surface area contributed by atoms with Crippen LogP contribution in [0.5, 0.6) is 0 Å². The number of likely N-dealkylation sites (tertiary alicyclic amines) is 1. The third-order valence-electron chi connectivity index (χ3n) is 5.63. The van der Waals surface area contributed by atoms with E-state index >= 15 is 0 Å². The van der Waals surface area contributed by atoms with Crippen molar-refractivity contribution in [3.05, 3.63) is 71.9 Å². The molecule has 0 saturated carbocycles. The van der Waals surface area contributed by atoms with E-state index in [2.05, 4.69) is 54.0 Å². The van der Waals surface area contributed by atoms with Crippen LogP contribution in [0.1, 0.15) is 35.7 Å². The van der Waals surface area contributed by atoms with Crippen molar-refractivity contribution >= 4 is 16.8 Å². The molecule has 134 valence electrons. The summed E-state index contributed by atoms with van der Waals surface area (Å²) in [6.45, 7) is 4.73. The number of carbonyl (C=O) groups is 1. The number of aryl methyl sites for hydroxylation is 1. The molecule has 0 N–H and O–H groups in total. The lowest BCUT2D eigenvalue weighted by Crippen LogP contribution is -2.38. The Morgan fingerprint density at radius 1 is 1.00 bits per heavy atom. The summed E-state index contributed by atoms with van der Waals surface area (Å²) in [5.74, 6) is 0.866. The molecule has 1 aliphatic rings. The van der Waals surface area contributed by atoms with Crippen molar-refractivity contribution in [2.24, 2.45) is 5.92 Å². The molecule has 0 atom stereocenters. The van der Waals surface area contributed by atoms with Crippen molar-refractivity contribution in [2.45, 2.75) is 32.7 Å². The number of hydrogen-bond donors (Lipinski definition) is 0. The van der Waals surface area contributed by atoms with E-state index < -0.39 is 0 Å². The lowest BCUT2D eigenvalue weighted by molar-refractivity contribution is 0.0692. The van der Waals surface area contributed by atoms with Crippen molar-refractivity contribution < 1.29 is 4.79 Å². The minimum atomic E-state index is 0.187. The zero-order valence-corrected chi connectivity index (χ0v) is 15.4. The van der Waals surface area contributed by atoms with Crippen LogP contribution in [-0.4, -0.2) is 28.5 Å². The van der Waals surface area contributed by atoms with Crippen molar-refractivity contribution in [2.75, 3.05) is 13.1 Å². The van der Waals surface area contributed by atoms with Gasteiger partial charge in [0, 0.05) is 36.7 Å². The zero-order valence-electron chi connectivity index (χ0n) is 15.4. The van der Waals surface area contributed by atoms with Gasteiger partial charge in [-0.15, -0.1) is 0 Å². The Bertz CT molecular complexity index is 889. The molecule has 0 aliphatic carbocycles. The summed E-state index contributed by atoms with van der Waals surface area (Å²) in [5, 5.41) is 1.07. The third kappa shape index (κ3) is 3.26. The number of nitrogens with zero attached hydrogens (tertiary/aromatic N) is 2. The lowest BCUT2D eigenvalue weighted by Gasteiger charge is -2.32. The predicted octanol–water partition coefficient (Wildman–Crippen LogP) is 4.76. The first-order chi connectivity index (χ1) is 12.8. The first kappa shape index (κ1) is 16.9. The average molecular weight is 346 g/mol. The standard InChI is InChI=1S/C23H26N2O/c1-2-24-17-21(20-10-6-7-11-22(20)24)23(26)25-14-12-19(13-15-25)16-18-8-4-3-5-9-18/h3-11,17,19H,2,12-16H2,1H3. The Balaban J connectivity index is 1.46. The van der Waals surface area contributed by atoms with E-state index in [1.807, 2.05) is 23.2 Å². The maximum atomic E-state index is 13.1. The van der Waals surface area contributed by atoms with Gasteiger partial charge in [-0.2, -0.15) is 0 Å². The highest BCUT2D eigenvalue weighted by Crippen LogP contribution is 2.26. The van der Waals surface area contributed by atoms with Gasteiger partial charge in [-0.05, 0) is 43.7 Å². The van der Waals surface area contributed by atoms with Crippen molar-refractivity contribution in [3.8, 4) is 0 Å². The number of amides is 1. The molecule has 1 amide bonds. The van der Waals surface area contributed by atoms with Crippen LogP contribution in [0.2, 0.25) is 0 Å². The van der Waals surface area contributed by atoms with E-state index in [0.717, 1.165) is 55.4 Å². The first-order valence-electron chi connectivity index (χ1n) is 9.67. The molecular weight excluding hydrogens is 320 g/mol. The molecule has 4 rings (SSSR count). The highest BCUT2D eigenvalue weighted by Gasteiger charge is 2.25. The molecule has 1 saturated heterocycles. The fourth-order valence-corrected chi connectivity index (χ4v) is 4.14. The minimum absolute atomic E-state index is 0.187. The van der Waals surface area contributed by atoms with Gasteiger partial charge in [-0.25, -0.2) is 0 Å². The number of rotatable bonds is 4. The normalized spacial score (nSPS) is 15.5. The topological polar surface area (TPSA) is 25.2 Å². The Labute approximate surface area is 155 Å². The lowest BCUT2D eigenvalue weighted by atomic mass is 9.90. The Morgan fingerprint density at radius 3 is 2.42 bits per heavy atom. The molecule has 2 aromatic carbocycles. The van der Waals surface area contributed by atoms with Gasteiger partial charge >= 0.3 is 0 Å². The largest absolute Gasteiger partial charge is 0.347 e. The van der Waals surface area contributed by atoms with Gasteiger partial charge in [0.2, 0.25) is 0 Å². The molecule has 3 heteroatoms. The van der Waals surface area contributed by atoms with Crippen LogP contribution in [-0.2, 0) is 13.0 Å². The summed E-state index contributed by atoms with van der Waals surface area (Å²) in [6.07, 6.45) is 5.33. The van der Waals surface area contributed by atoms with Gasteiger partial charge in [0.15, 0.2) is 0 Å². The van der Waals surface area contributed by atoms with Crippen LogP contribution < -0.4 is 0 Å². The second-order valence-corrected chi connectivity index (χ2v) is 7.27. The molecule has 26 heavy (non-hydrogen) atoms. The molecule has 2 heterocycles. The molecule has 0 radical (unpaired) electrons. The van der Waals surface area contributed by atoms with E-state index in [4.69, 9.17) is 0 Å². The second-order valence-electron chi connectivity index (χ2n) is 7.27. The third-order valence-corrected chi connectivity index (χ3v) is 5.63. The van der Waals surface area contributed by atoms with Crippen LogP contribution in [0.15, 0.2) is 60.8 Å².